The van der Waals surface area contributed by atoms with Gasteiger partial charge in [-0.15, -0.1) is 0 Å². The molecule has 0 amide bonds. The zero-order chi connectivity index (χ0) is 12.5. The molecular weight excluding hydrogens is 214 g/mol. The zero-order valence-electron chi connectivity index (χ0n) is 10.2. The zero-order valence-corrected chi connectivity index (χ0v) is 10.2. The maximum Gasteiger partial charge on any atom is 0.0843 e. The van der Waals surface area contributed by atoms with Crippen molar-refractivity contribution >= 4 is 5.97 Å². The average molecular weight is 235 g/mol. The number of quaternary nitrogens is 1. The van der Waals surface area contributed by atoms with Gasteiger partial charge < -0.3 is 15.6 Å². The molecule has 0 radical (unpaired) electrons. The average Bonchev–Trinajstić information content (AvgIpc) is 2.59. The standard InChI is InChI=1S/C7H15N.C7H6O2/c8-7-5-3-1-2-4-6-7;8-7(9)6-4-2-1-3-5-6/h7H,1-6,8H2;1-5H,(H,8,9). The summed E-state index contributed by atoms with van der Waals surface area (Å²) in [7, 11) is 0. The number of carboxylic acids is 1. The van der Waals surface area contributed by atoms with Crippen LogP contribution in [0, 0.1) is 0 Å². The largest absolute Gasteiger partial charge is 0.545 e. The molecule has 1 fully saturated rings. The monoisotopic (exact) mass is 235 g/mol. The smallest absolute Gasteiger partial charge is 0.0843 e. The Bertz CT molecular complexity index is 316. The number of carboxylic acid groups (broad SMARTS) is 1. The van der Waals surface area contributed by atoms with E-state index in [0.717, 1.165) is 6.04 Å². The molecule has 1 aromatic rings. The van der Waals surface area contributed by atoms with Gasteiger partial charge in [0.15, 0.2) is 0 Å². The van der Waals surface area contributed by atoms with Crippen LogP contribution in [-0.4, -0.2) is 12.0 Å². The summed E-state index contributed by atoms with van der Waals surface area (Å²) >= 11 is 0. The van der Waals surface area contributed by atoms with Crippen LogP contribution in [0.4, 0.5) is 0 Å². The van der Waals surface area contributed by atoms with E-state index in [-0.39, 0.29) is 5.56 Å². The minimum Gasteiger partial charge on any atom is -0.545 e. The van der Waals surface area contributed by atoms with E-state index in [0.29, 0.717) is 0 Å². The third kappa shape index (κ3) is 6.07. The second kappa shape index (κ2) is 7.85. The molecule has 3 N–H and O–H groups in total. The van der Waals surface area contributed by atoms with Crippen molar-refractivity contribution in [1.82, 2.24) is 0 Å². The first-order chi connectivity index (χ1) is 8.20. The molecule has 2 rings (SSSR count). The Morgan fingerprint density at radius 2 is 1.59 bits per heavy atom. The summed E-state index contributed by atoms with van der Waals surface area (Å²) in [5.41, 5.74) is 4.28. The highest BCUT2D eigenvalue weighted by molar-refractivity contribution is 5.85. The second-order valence-corrected chi connectivity index (χ2v) is 4.51. The SMILES string of the molecule is O=C([O-])c1ccccc1.[NH3+]C1CCCCCC1. The fourth-order valence-corrected chi connectivity index (χ4v) is 1.94. The van der Waals surface area contributed by atoms with Crippen molar-refractivity contribution in [3.63, 3.8) is 0 Å². The fraction of sp³-hybridized carbons (Fsp3) is 0.500. The van der Waals surface area contributed by atoms with E-state index in [1.165, 1.54) is 50.7 Å². The summed E-state index contributed by atoms with van der Waals surface area (Å²) in [6.07, 6.45) is 8.50. The Hall–Kier alpha value is -1.35. The van der Waals surface area contributed by atoms with Crippen molar-refractivity contribution in [1.29, 1.82) is 0 Å². The first kappa shape index (κ1) is 13.7. The molecule has 1 saturated carbocycles. The van der Waals surface area contributed by atoms with Crippen LogP contribution in [0.15, 0.2) is 30.3 Å². The van der Waals surface area contributed by atoms with Gasteiger partial charge in [0.25, 0.3) is 0 Å². The summed E-state index contributed by atoms with van der Waals surface area (Å²) in [5, 5.41) is 10.1. The molecule has 0 atom stereocenters. The van der Waals surface area contributed by atoms with Gasteiger partial charge in [0.05, 0.1) is 12.0 Å². The molecule has 3 heteroatoms. The molecule has 0 unspecified atom stereocenters. The van der Waals surface area contributed by atoms with Crippen LogP contribution in [0.25, 0.3) is 0 Å². The van der Waals surface area contributed by atoms with E-state index >= 15 is 0 Å². The van der Waals surface area contributed by atoms with Gasteiger partial charge in [-0.2, -0.15) is 0 Å². The third-order valence-electron chi connectivity index (χ3n) is 2.98. The molecule has 0 aromatic heterocycles. The number of rotatable bonds is 1. The Kier molecular flexibility index (Phi) is 6.33. The lowest BCUT2D eigenvalue weighted by Crippen LogP contribution is -2.60. The molecule has 1 aromatic carbocycles. The van der Waals surface area contributed by atoms with Gasteiger partial charge in [-0.3, -0.25) is 0 Å². The van der Waals surface area contributed by atoms with E-state index in [1.54, 1.807) is 18.2 Å². The first-order valence-corrected chi connectivity index (χ1v) is 6.29. The number of benzene rings is 1. The highest BCUT2D eigenvalue weighted by Gasteiger charge is 2.08. The molecular formula is C14H21NO2. The van der Waals surface area contributed by atoms with Crippen molar-refractivity contribution in [2.75, 3.05) is 0 Å². The lowest BCUT2D eigenvalue weighted by Gasteiger charge is -1.99. The molecule has 0 saturated heterocycles. The minimum absolute atomic E-state index is 0.220. The van der Waals surface area contributed by atoms with Crippen LogP contribution in [0.1, 0.15) is 48.9 Å². The predicted octanol–water partition coefficient (Wildman–Crippen LogP) is 1.00. The number of hydrogen-bond acceptors (Lipinski definition) is 2. The van der Waals surface area contributed by atoms with Crippen LogP contribution < -0.4 is 10.8 Å². The second-order valence-electron chi connectivity index (χ2n) is 4.51. The molecule has 0 heterocycles. The van der Waals surface area contributed by atoms with Crippen molar-refractivity contribution in [3.8, 4) is 0 Å². The molecule has 0 aliphatic heterocycles. The molecule has 3 nitrogen and oxygen atoms in total. The topological polar surface area (TPSA) is 67.8 Å². The maximum absolute atomic E-state index is 10.1. The molecule has 1 aliphatic carbocycles. The summed E-state index contributed by atoms with van der Waals surface area (Å²) in [4.78, 5) is 10.1. The van der Waals surface area contributed by atoms with Gasteiger partial charge in [0.1, 0.15) is 0 Å². The summed E-state index contributed by atoms with van der Waals surface area (Å²) < 4.78 is 0. The van der Waals surface area contributed by atoms with Gasteiger partial charge >= 0.3 is 0 Å². The van der Waals surface area contributed by atoms with Crippen LogP contribution in [0.3, 0.4) is 0 Å². The van der Waals surface area contributed by atoms with Crippen molar-refractivity contribution in [2.45, 2.75) is 44.6 Å². The van der Waals surface area contributed by atoms with E-state index < -0.39 is 5.97 Å². The fourth-order valence-electron chi connectivity index (χ4n) is 1.94. The molecule has 1 aliphatic rings. The number of carbonyl (C=O) groups excluding carboxylic acids is 1. The predicted molar refractivity (Wildman–Crippen MR) is 65.2 cm³/mol. The summed E-state index contributed by atoms with van der Waals surface area (Å²) in [5.74, 6) is -1.13. The van der Waals surface area contributed by atoms with Gasteiger partial charge in [0.2, 0.25) is 0 Å². The highest BCUT2D eigenvalue weighted by atomic mass is 16.4. The van der Waals surface area contributed by atoms with Crippen LogP contribution in [0.2, 0.25) is 0 Å². The number of aromatic carboxylic acids is 1. The van der Waals surface area contributed by atoms with E-state index in [4.69, 9.17) is 0 Å². The Morgan fingerprint density at radius 3 is 2.00 bits per heavy atom. The molecule has 17 heavy (non-hydrogen) atoms. The number of hydrogen-bond donors (Lipinski definition) is 1. The van der Waals surface area contributed by atoms with Gasteiger partial charge in [-0.1, -0.05) is 43.2 Å². The quantitative estimate of drug-likeness (QED) is 0.738. The normalized spacial score (nSPS) is 16.5. The molecule has 0 spiro atoms. The van der Waals surface area contributed by atoms with Gasteiger partial charge in [0, 0.05) is 0 Å². The highest BCUT2D eigenvalue weighted by Crippen LogP contribution is 2.13. The number of carbonyl (C=O) groups is 1. The third-order valence-corrected chi connectivity index (χ3v) is 2.98. The van der Waals surface area contributed by atoms with Crippen LogP contribution in [-0.2, 0) is 0 Å². The van der Waals surface area contributed by atoms with Crippen molar-refractivity contribution in [3.05, 3.63) is 35.9 Å². The van der Waals surface area contributed by atoms with Crippen molar-refractivity contribution < 1.29 is 15.6 Å². The minimum atomic E-state index is -1.13. The maximum atomic E-state index is 10.1. The van der Waals surface area contributed by atoms with E-state index in [9.17, 15) is 9.90 Å². The first-order valence-electron chi connectivity index (χ1n) is 6.29. The Labute approximate surface area is 103 Å². The Morgan fingerprint density at radius 1 is 1.06 bits per heavy atom. The van der Waals surface area contributed by atoms with E-state index in [2.05, 4.69) is 5.73 Å². The lowest BCUT2D eigenvalue weighted by atomic mass is 10.1. The van der Waals surface area contributed by atoms with Gasteiger partial charge in [-0.05, 0) is 31.2 Å². The van der Waals surface area contributed by atoms with Crippen LogP contribution >= 0.6 is 0 Å². The van der Waals surface area contributed by atoms with Crippen LogP contribution in [0.5, 0.6) is 0 Å². The summed E-state index contributed by atoms with van der Waals surface area (Å²) in [6, 6.07) is 8.84. The molecule has 94 valence electrons. The van der Waals surface area contributed by atoms with Gasteiger partial charge in [-0.25, -0.2) is 0 Å². The van der Waals surface area contributed by atoms with E-state index in [1.807, 2.05) is 0 Å². The summed E-state index contributed by atoms with van der Waals surface area (Å²) in [6.45, 7) is 0. The van der Waals surface area contributed by atoms with Crippen molar-refractivity contribution in [2.24, 2.45) is 0 Å². The molecule has 0 bridgehead atoms. The lowest BCUT2D eigenvalue weighted by molar-refractivity contribution is -0.422. The Balaban J connectivity index is 0.000000171.